The first-order valence-electron chi connectivity index (χ1n) is 21.1. The van der Waals surface area contributed by atoms with Gasteiger partial charge in [-0.3, -0.25) is 4.79 Å². The second-order valence-electron chi connectivity index (χ2n) is 14.2. The van der Waals surface area contributed by atoms with E-state index in [-0.39, 0.29) is 45.6 Å². The molecule has 0 aliphatic rings. The molecule has 0 bridgehead atoms. The Morgan fingerprint density at radius 3 is 0.917 bits per heavy atom. The summed E-state index contributed by atoms with van der Waals surface area (Å²) in [6.07, 6.45) is -0.423. The van der Waals surface area contributed by atoms with Gasteiger partial charge in [0.15, 0.2) is 0 Å². The number of carbonyl (C=O) groups excluding carboxylic acids is 1. The Morgan fingerprint density at radius 1 is 0.400 bits per heavy atom. The fourth-order valence-corrected chi connectivity index (χ4v) is 4.49. The van der Waals surface area contributed by atoms with E-state index in [0.717, 1.165) is 0 Å². The van der Waals surface area contributed by atoms with Gasteiger partial charge < -0.3 is 85.6 Å². The standard InChI is InChI=1S/C41H82O19/c1-7-40(2,3)39(43)60-33-38(42)32-59-37-41(34-56-29-26-53-23-20-50-17-14-47-11-8-44-4,35-57-30-27-54-24-21-51-18-15-48-12-9-45-5)36-58-31-28-55-25-22-52-19-16-49-13-10-46-6/h38,42H,7-37H2,1-6H3. The molecule has 0 saturated carbocycles. The van der Waals surface area contributed by atoms with Gasteiger partial charge in [-0.1, -0.05) is 6.92 Å². The van der Waals surface area contributed by atoms with Crippen LogP contribution in [0.3, 0.4) is 0 Å². The van der Waals surface area contributed by atoms with Gasteiger partial charge in [-0.25, -0.2) is 0 Å². The smallest absolute Gasteiger partial charge is 0.311 e. The maximum absolute atomic E-state index is 12.4. The van der Waals surface area contributed by atoms with Crippen LogP contribution in [0.15, 0.2) is 0 Å². The van der Waals surface area contributed by atoms with E-state index >= 15 is 0 Å². The number of aliphatic hydroxyl groups is 1. The quantitative estimate of drug-likeness (QED) is 0.0681. The van der Waals surface area contributed by atoms with Crippen LogP contribution in [0.25, 0.3) is 0 Å². The number of hydrogen-bond donors (Lipinski definition) is 1. The van der Waals surface area contributed by atoms with Crippen LogP contribution in [0.5, 0.6) is 0 Å². The maximum Gasteiger partial charge on any atom is 0.311 e. The molecule has 0 saturated heterocycles. The third-order valence-electron chi connectivity index (χ3n) is 8.43. The van der Waals surface area contributed by atoms with E-state index in [2.05, 4.69) is 0 Å². The number of carbonyl (C=O) groups is 1. The number of hydrogen-bond acceptors (Lipinski definition) is 19. The van der Waals surface area contributed by atoms with Gasteiger partial charge in [0.2, 0.25) is 0 Å². The third kappa shape index (κ3) is 38.5. The molecule has 19 heteroatoms. The zero-order chi connectivity index (χ0) is 44.1. The average Bonchev–Trinajstić information content (AvgIpc) is 3.24. The summed E-state index contributed by atoms with van der Waals surface area (Å²) in [7, 11) is 4.88. The van der Waals surface area contributed by atoms with Crippen molar-refractivity contribution in [3.63, 3.8) is 0 Å². The lowest BCUT2D eigenvalue weighted by Gasteiger charge is -2.33. The molecule has 1 unspecified atom stereocenters. The summed E-state index contributed by atoms with van der Waals surface area (Å²) in [5, 5.41) is 10.6. The molecule has 19 nitrogen and oxygen atoms in total. The Hall–Kier alpha value is -1.21. The first-order chi connectivity index (χ1) is 29.3. The zero-order valence-corrected chi connectivity index (χ0v) is 37.8. The Labute approximate surface area is 359 Å². The number of rotatable bonds is 50. The SMILES string of the molecule is CCC(C)(C)C(=O)OCC(O)COCC(COCCOCCOCCOCCOC)(COCCOCCOCCOCCOC)COCCOCCOCCOCCOC. The summed E-state index contributed by atoms with van der Waals surface area (Å²) in [6, 6.07) is 0. The van der Waals surface area contributed by atoms with E-state index in [0.29, 0.717) is 165 Å². The zero-order valence-electron chi connectivity index (χ0n) is 37.8. The van der Waals surface area contributed by atoms with Crippen molar-refractivity contribution in [3.8, 4) is 0 Å². The van der Waals surface area contributed by atoms with E-state index in [4.69, 9.17) is 80.5 Å². The van der Waals surface area contributed by atoms with Crippen molar-refractivity contribution in [3.05, 3.63) is 0 Å². The topological polar surface area (TPSA) is 194 Å². The molecule has 0 aromatic carbocycles. The van der Waals surface area contributed by atoms with E-state index in [9.17, 15) is 9.90 Å². The predicted molar refractivity (Wildman–Crippen MR) is 220 cm³/mol. The minimum Gasteiger partial charge on any atom is -0.462 e. The van der Waals surface area contributed by atoms with Gasteiger partial charge >= 0.3 is 5.97 Å². The summed E-state index contributed by atoms with van der Waals surface area (Å²) in [4.78, 5) is 12.4. The number of ether oxygens (including phenoxy) is 17. The molecule has 0 rings (SSSR count). The number of aliphatic hydroxyl groups excluding tert-OH is 1. The molecule has 0 aliphatic carbocycles. The van der Waals surface area contributed by atoms with Crippen molar-refractivity contribution < 1.29 is 90.4 Å². The van der Waals surface area contributed by atoms with Crippen LogP contribution in [0.4, 0.5) is 0 Å². The largest absolute Gasteiger partial charge is 0.462 e. The van der Waals surface area contributed by atoms with E-state index in [1.165, 1.54) is 0 Å². The van der Waals surface area contributed by atoms with Crippen molar-refractivity contribution in [1.29, 1.82) is 0 Å². The molecule has 0 amide bonds. The number of methoxy groups -OCH3 is 3. The Balaban J connectivity index is 5.14. The summed E-state index contributed by atoms with van der Waals surface area (Å²) in [5.41, 5.74) is -1.44. The number of esters is 1. The molecule has 0 aliphatic heterocycles. The highest BCUT2D eigenvalue weighted by atomic mass is 16.6. The molecule has 0 spiro atoms. The van der Waals surface area contributed by atoms with Gasteiger partial charge in [0.25, 0.3) is 0 Å². The van der Waals surface area contributed by atoms with E-state index < -0.39 is 16.9 Å². The van der Waals surface area contributed by atoms with Crippen molar-refractivity contribution in [2.75, 3.05) is 220 Å². The first-order valence-corrected chi connectivity index (χ1v) is 21.1. The van der Waals surface area contributed by atoms with Crippen LogP contribution < -0.4 is 0 Å². The highest BCUT2D eigenvalue weighted by molar-refractivity contribution is 5.75. The van der Waals surface area contributed by atoms with Crippen molar-refractivity contribution in [1.82, 2.24) is 0 Å². The highest BCUT2D eigenvalue weighted by Gasteiger charge is 2.33. The molecule has 0 radical (unpaired) electrons. The normalized spacial score (nSPS) is 12.7. The van der Waals surface area contributed by atoms with Crippen LogP contribution in [-0.4, -0.2) is 237 Å². The third-order valence-corrected chi connectivity index (χ3v) is 8.43. The second kappa shape index (κ2) is 44.4. The molecular weight excluding hydrogens is 796 g/mol. The molecule has 0 heterocycles. The van der Waals surface area contributed by atoms with Crippen molar-refractivity contribution >= 4 is 5.97 Å². The van der Waals surface area contributed by atoms with Crippen LogP contribution in [0.1, 0.15) is 27.2 Å². The Bertz CT molecular complexity index is 813. The van der Waals surface area contributed by atoms with Gasteiger partial charge in [-0.2, -0.15) is 0 Å². The monoisotopic (exact) mass is 879 g/mol. The van der Waals surface area contributed by atoms with Gasteiger partial charge in [0, 0.05) is 21.3 Å². The van der Waals surface area contributed by atoms with E-state index in [1.54, 1.807) is 35.2 Å². The van der Waals surface area contributed by atoms with Crippen LogP contribution in [0, 0.1) is 10.8 Å². The molecular formula is C41H82O19. The molecule has 0 aromatic heterocycles. The Morgan fingerprint density at radius 2 is 0.650 bits per heavy atom. The summed E-state index contributed by atoms with van der Waals surface area (Å²) >= 11 is 0. The van der Waals surface area contributed by atoms with Crippen molar-refractivity contribution in [2.24, 2.45) is 10.8 Å². The van der Waals surface area contributed by atoms with Gasteiger partial charge in [0.05, 0.1) is 202 Å². The minimum absolute atomic E-state index is 0.0802. The molecule has 0 fully saturated rings. The predicted octanol–water partition coefficient (Wildman–Crippen LogP) is 1.47. The van der Waals surface area contributed by atoms with Crippen molar-refractivity contribution in [2.45, 2.75) is 33.3 Å². The summed E-state index contributed by atoms with van der Waals surface area (Å²) in [6.45, 7) is 16.4. The van der Waals surface area contributed by atoms with Crippen LogP contribution in [0.2, 0.25) is 0 Å². The fraction of sp³-hybridized carbons (Fsp3) is 0.976. The summed E-state index contributed by atoms with van der Waals surface area (Å²) < 4.78 is 94.4. The molecule has 1 N–H and O–H groups in total. The molecule has 60 heavy (non-hydrogen) atoms. The van der Waals surface area contributed by atoms with E-state index in [1.807, 2.05) is 6.92 Å². The molecule has 360 valence electrons. The van der Waals surface area contributed by atoms with Crippen LogP contribution >= 0.6 is 0 Å². The summed E-state index contributed by atoms with van der Waals surface area (Å²) in [5.74, 6) is -0.379. The average molecular weight is 879 g/mol. The minimum atomic E-state index is -1.03. The van der Waals surface area contributed by atoms with Crippen LogP contribution in [-0.2, 0) is 85.3 Å². The highest BCUT2D eigenvalue weighted by Crippen LogP contribution is 2.23. The second-order valence-corrected chi connectivity index (χ2v) is 14.2. The maximum atomic E-state index is 12.4. The lowest BCUT2D eigenvalue weighted by molar-refractivity contribution is -0.159. The fourth-order valence-electron chi connectivity index (χ4n) is 4.49. The van der Waals surface area contributed by atoms with Gasteiger partial charge in [-0.05, 0) is 20.3 Å². The molecule has 0 aromatic rings. The van der Waals surface area contributed by atoms with Gasteiger partial charge in [-0.15, -0.1) is 0 Å². The lowest BCUT2D eigenvalue weighted by Crippen LogP contribution is -2.43. The van der Waals surface area contributed by atoms with Gasteiger partial charge in [0.1, 0.15) is 12.7 Å². The lowest BCUT2D eigenvalue weighted by atomic mass is 9.91. The Kier molecular flexibility index (Phi) is 43.5. The molecule has 1 atom stereocenters. The first kappa shape index (κ1) is 58.8.